The third kappa shape index (κ3) is 1.62. The monoisotopic (exact) mass is 304 g/mol. The molecule has 0 spiro atoms. The molecule has 2 N–H and O–H groups in total. The maximum atomic E-state index is 11.8. The summed E-state index contributed by atoms with van der Waals surface area (Å²) in [5.41, 5.74) is 0.360. The van der Waals surface area contributed by atoms with Crippen LogP contribution in [0.3, 0.4) is 0 Å². The number of fused-ring (bicyclic) bond motifs is 5. The van der Waals surface area contributed by atoms with Crippen molar-refractivity contribution >= 4 is 5.78 Å². The molecule has 3 saturated carbocycles. The number of ketones is 1. The van der Waals surface area contributed by atoms with Gasteiger partial charge in [-0.15, -0.1) is 0 Å². The SMILES string of the molecule is C[C@]12CCC(=O)C=C1CC[C@@H]1[C@@H]2CC[C@]2(C)C(O)CC[C@@]12O. The third-order valence-electron chi connectivity index (χ3n) is 8.10. The van der Waals surface area contributed by atoms with E-state index in [-0.39, 0.29) is 28.6 Å². The van der Waals surface area contributed by atoms with Gasteiger partial charge in [0.05, 0.1) is 11.7 Å². The van der Waals surface area contributed by atoms with Crippen LogP contribution in [0.1, 0.15) is 65.2 Å². The standard InChI is InChI=1S/C19H28O3/c1-17-8-5-13(20)11-12(17)3-4-15-14(17)6-9-18(2)16(21)7-10-19(15,18)22/h11,14-16,21-22H,3-10H2,1-2H3/t14-,15+,16?,17-,18+,19+/m0/s1. The van der Waals surface area contributed by atoms with E-state index in [1.807, 2.05) is 6.08 Å². The molecule has 22 heavy (non-hydrogen) atoms. The van der Waals surface area contributed by atoms with Crippen molar-refractivity contribution in [2.24, 2.45) is 22.7 Å². The molecule has 0 amide bonds. The second-order valence-corrected chi connectivity index (χ2v) is 8.74. The summed E-state index contributed by atoms with van der Waals surface area (Å²) in [6, 6.07) is 0. The van der Waals surface area contributed by atoms with Crippen LogP contribution in [0.2, 0.25) is 0 Å². The van der Waals surface area contributed by atoms with Gasteiger partial charge in [0.15, 0.2) is 5.78 Å². The van der Waals surface area contributed by atoms with E-state index in [1.54, 1.807) is 0 Å². The topological polar surface area (TPSA) is 57.5 Å². The first-order valence-corrected chi connectivity index (χ1v) is 8.96. The van der Waals surface area contributed by atoms with Crippen LogP contribution in [-0.2, 0) is 4.79 Å². The number of carbonyl (C=O) groups is 1. The Morgan fingerprint density at radius 3 is 2.59 bits per heavy atom. The van der Waals surface area contributed by atoms with E-state index in [2.05, 4.69) is 13.8 Å². The van der Waals surface area contributed by atoms with Gasteiger partial charge in [-0.05, 0) is 68.3 Å². The Bertz CT molecular complexity index is 553. The highest BCUT2D eigenvalue weighted by Crippen LogP contribution is 2.66. The lowest BCUT2D eigenvalue weighted by molar-refractivity contribution is -0.192. The van der Waals surface area contributed by atoms with E-state index in [9.17, 15) is 15.0 Å². The van der Waals surface area contributed by atoms with Gasteiger partial charge in [0.25, 0.3) is 0 Å². The Morgan fingerprint density at radius 2 is 1.82 bits per heavy atom. The summed E-state index contributed by atoms with van der Waals surface area (Å²) < 4.78 is 0. The molecule has 0 aromatic carbocycles. The largest absolute Gasteiger partial charge is 0.392 e. The molecule has 0 bridgehead atoms. The Balaban J connectivity index is 1.74. The van der Waals surface area contributed by atoms with Crippen molar-refractivity contribution in [1.29, 1.82) is 0 Å². The molecule has 4 aliphatic carbocycles. The van der Waals surface area contributed by atoms with Gasteiger partial charge in [-0.25, -0.2) is 0 Å². The molecule has 3 heteroatoms. The molecule has 0 radical (unpaired) electrons. The zero-order chi connectivity index (χ0) is 15.8. The molecule has 0 heterocycles. The maximum Gasteiger partial charge on any atom is 0.155 e. The van der Waals surface area contributed by atoms with Crippen molar-refractivity contribution in [2.45, 2.75) is 76.9 Å². The van der Waals surface area contributed by atoms with Crippen LogP contribution in [-0.4, -0.2) is 27.7 Å². The number of carbonyl (C=O) groups excluding carboxylic acids is 1. The van der Waals surface area contributed by atoms with Gasteiger partial charge in [0, 0.05) is 11.8 Å². The minimum Gasteiger partial charge on any atom is -0.392 e. The lowest BCUT2D eigenvalue weighted by Gasteiger charge is -2.61. The summed E-state index contributed by atoms with van der Waals surface area (Å²) in [5, 5.41) is 22.0. The summed E-state index contributed by atoms with van der Waals surface area (Å²) in [7, 11) is 0. The van der Waals surface area contributed by atoms with Crippen molar-refractivity contribution < 1.29 is 15.0 Å². The van der Waals surface area contributed by atoms with Gasteiger partial charge in [-0.2, -0.15) is 0 Å². The zero-order valence-electron chi connectivity index (χ0n) is 13.8. The van der Waals surface area contributed by atoms with Crippen LogP contribution >= 0.6 is 0 Å². The van der Waals surface area contributed by atoms with E-state index in [1.165, 1.54) is 5.57 Å². The van der Waals surface area contributed by atoms with E-state index in [0.717, 1.165) is 44.9 Å². The van der Waals surface area contributed by atoms with Crippen molar-refractivity contribution in [3.05, 3.63) is 11.6 Å². The Morgan fingerprint density at radius 1 is 1.05 bits per heavy atom. The molecular weight excluding hydrogens is 276 g/mol. The second-order valence-electron chi connectivity index (χ2n) is 8.74. The number of allylic oxidation sites excluding steroid dienone is 1. The van der Waals surface area contributed by atoms with Crippen LogP contribution in [0.15, 0.2) is 11.6 Å². The highest BCUT2D eigenvalue weighted by Gasteiger charge is 2.66. The molecule has 122 valence electrons. The molecule has 6 atom stereocenters. The van der Waals surface area contributed by atoms with Crippen LogP contribution < -0.4 is 0 Å². The number of hydrogen-bond donors (Lipinski definition) is 2. The van der Waals surface area contributed by atoms with E-state index < -0.39 is 5.60 Å². The first-order valence-electron chi connectivity index (χ1n) is 8.96. The molecule has 3 fully saturated rings. The smallest absolute Gasteiger partial charge is 0.155 e. The fraction of sp³-hybridized carbons (Fsp3) is 0.842. The van der Waals surface area contributed by atoms with Crippen LogP contribution in [0, 0.1) is 22.7 Å². The first-order chi connectivity index (χ1) is 10.3. The van der Waals surface area contributed by atoms with Crippen LogP contribution in [0.4, 0.5) is 0 Å². The normalized spacial score (nSPS) is 54.3. The Labute approximate surface area is 132 Å². The van der Waals surface area contributed by atoms with Crippen LogP contribution in [0.25, 0.3) is 0 Å². The lowest BCUT2D eigenvalue weighted by atomic mass is 9.46. The van der Waals surface area contributed by atoms with Gasteiger partial charge >= 0.3 is 0 Å². The minimum atomic E-state index is -0.717. The van der Waals surface area contributed by atoms with Gasteiger partial charge in [-0.1, -0.05) is 19.4 Å². The average molecular weight is 304 g/mol. The molecule has 0 aromatic heterocycles. The second kappa shape index (κ2) is 4.45. The highest BCUT2D eigenvalue weighted by atomic mass is 16.3. The average Bonchev–Trinajstić information content (AvgIpc) is 2.72. The Kier molecular flexibility index (Phi) is 3.01. The fourth-order valence-corrected chi connectivity index (χ4v) is 6.50. The van der Waals surface area contributed by atoms with Crippen molar-refractivity contribution in [3.8, 4) is 0 Å². The zero-order valence-corrected chi connectivity index (χ0v) is 13.8. The molecule has 3 nitrogen and oxygen atoms in total. The molecule has 4 aliphatic rings. The van der Waals surface area contributed by atoms with Gasteiger partial charge in [0.1, 0.15) is 0 Å². The first kappa shape index (κ1) is 14.9. The highest BCUT2D eigenvalue weighted by molar-refractivity contribution is 5.91. The predicted octanol–water partition coefficient (Wildman–Crippen LogP) is 2.99. The van der Waals surface area contributed by atoms with Gasteiger partial charge < -0.3 is 10.2 Å². The predicted molar refractivity (Wildman–Crippen MR) is 84.2 cm³/mol. The molecule has 0 aromatic rings. The van der Waals surface area contributed by atoms with E-state index in [4.69, 9.17) is 0 Å². The van der Waals surface area contributed by atoms with E-state index in [0.29, 0.717) is 12.3 Å². The van der Waals surface area contributed by atoms with Gasteiger partial charge in [-0.3, -0.25) is 4.79 Å². The number of aliphatic hydroxyl groups is 2. The molecular formula is C19H28O3. The van der Waals surface area contributed by atoms with E-state index >= 15 is 0 Å². The summed E-state index contributed by atoms with van der Waals surface area (Å²) in [4.78, 5) is 11.8. The summed E-state index contributed by atoms with van der Waals surface area (Å²) in [6.07, 6.45) is 8.49. The number of aliphatic hydroxyl groups excluding tert-OH is 1. The van der Waals surface area contributed by atoms with Crippen molar-refractivity contribution in [2.75, 3.05) is 0 Å². The summed E-state index contributed by atoms with van der Waals surface area (Å²) >= 11 is 0. The maximum absolute atomic E-state index is 11.8. The van der Waals surface area contributed by atoms with Crippen molar-refractivity contribution in [1.82, 2.24) is 0 Å². The molecule has 0 aliphatic heterocycles. The fourth-order valence-electron chi connectivity index (χ4n) is 6.50. The summed E-state index contributed by atoms with van der Waals surface area (Å²) in [6.45, 7) is 4.42. The van der Waals surface area contributed by atoms with Crippen molar-refractivity contribution in [3.63, 3.8) is 0 Å². The number of hydrogen-bond acceptors (Lipinski definition) is 3. The lowest BCUT2D eigenvalue weighted by Crippen LogP contribution is -2.61. The minimum absolute atomic E-state index is 0.0848. The van der Waals surface area contributed by atoms with Gasteiger partial charge in [0.2, 0.25) is 0 Å². The number of rotatable bonds is 0. The quantitative estimate of drug-likeness (QED) is 0.723. The third-order valence-corrected chi connectivity index (χ3v) is 8.10. The van der Waals surface area contributed by atoms with Crippen LogP contribution in [0.5, 0.6) is 0 Å². The molecule has 0 saturated heterocycles. The Hall–Kier alpha value is -0.670. The molecule has 4 rings (SSSR count). The molecule has 1 unspecified atom stereocenters. The summed E-state index contributed by atoms with van der Waals surface area (Å²) in [5.74, 6) is 1.02.